The number of hydrogen-bond donors (Lipinski definition) is 0. The van der Waals surface area contributed by atoms with E-state index in [9.17, 15) is 0 Å². The first-order valence-electron chi connectivity index (χ1n) is 4.63. The van der Waals surface area contributed by atoms with Crippen molar-refractivity contribution in [2.45, 2.75) is 38.5 Å². The summed E-state index contributed by atoms with van der Waals surface area (Å²) in [4.78, 5) is 0. The fourth-order valence-electron chi connectivity index (χ4n) is 1.23. The van der Waals surface area contributed by atoms with Gasteiger partial charge in [-0.05, 0) is 44.9 Å². The Labute approximate surface area is 70.0 Å². The zero-order valence-electron chi connectivity index (χ0n) is 7.13. The third-order valence-electron chi connectivity index (χ3n) is 1.92. The van der Waals surface area contributed by atoms with Crippen LogP contribution in [-0.2, 0) is 0 Å². The van der Waals surface area contributed by atoms with Gasteiger partial charge in [0.25, 0.3) is 0 Å². The minimum atomic E-state index is 1.24. The van der Waals surface area contributed by atoms with Crippen molar-refractivity contribution in [1.29, 1.82) is 0 Å². The predicted molar refractivity (Wildman–Crippen MR) is 50.3 cm³/mol. The van der Waals surface area contributed by atoms with Crippen molar-refractivity contribution in [1.82, 2.24) is 0 Å². The molecule has 0 aromatic heterocycles. The molecule has 1 rings (SSSR count). The van der Waals surface area contributed by atoms with Gasteiger partial charge in [-0.2, -0.15) is 0 Å². The smallest absolute Gasteiger partial charge is 0.0170 e. The molecule has 0 unspecified atom stereocenters. The first-order chi connectivity index (χ1) is 5.50. The summed E-state index contributed by atoms with van der Waals surface area (Å²) in [7, 11) is 0. The van der Waals surface area contributed by atoms with Crippen molar-refractivity contribution in [2.24, 2.45) is 0 Å². The van der Waals surface area contributed by atoms with Crippen LogP contribution in [0.5, 0.6) is 0 Å². The lowest BCUT2D eigenvalue weighted by Crippen LogP contribution is -1.72. The molecule has 0 fully saturated rings. The molecular formula is C11H17. The lowest BCUT2D eigenvalue weighted by Gasteiger charge is -1.90. The minimum Gasteiger partial charge on any atom is -0.0885 e. The molecule has 1 aliphatic rings. The van der Waals surface area contributed by atoms with Crippen LogP contribution in [-0.4, -0.2) is 0 Å². The molecule has 0 aromatic carbocycles. The van der Waals surface area contributed by atoms with Gasteiger partial charge in [0.05, 0.1) is 0 Å². The van der Waals surface area contributed by atoms with Crippen LogP contribution in [0.15, 0.2) is 24.3 Å². The molecule has 0 amide bonds. The minimum absolute atomic E-state index is 1.24. The first kappa shape index (κ1) is 8.58. The Morgan fingerprint density at radius 2 is 1.27 bits per heavy atom. The van der Waals surface area contributed by atoms with Gasteiger partial charge >= 0.3 is 0 Å². The monoisotopic (exact) mass is 149 g/mol. The lowest BCUT2D eigenvalue weighted by molar-refractivity contribution is 0.837. The molecule has 0 saturated heterocycles. The maximum atomic E-state index is 2.32. The third-order valence-corrected chi connectivity index (χ3v) is 1.92. The Morgan fingerprint density at radius 1 is 0.636 bits per heavy atom. The molecule has 11 heavy (non-hydrogen) atoms. The van der Waals surface area contributed by atoms with Crippen molar-refractivity contribution in [3.05, 3.63) is 30.7 Å². The normalized spacial score (nSPS) is 26.9. The van der Waals surface area contributed by atoms with Gasteiger partial charge in [0.2, 0.25) is 0 Å². The second kappa shape index (κ2) is 6.21. The van der Waals surface area contributed by atoms with Crippen molar-refractivity contribution in [3.63, 3.8) is 0 Å². The molecule has 0 atom stereocenters. The Balaban J connectivity index is 2.22. The standard InChI is InChI=1S/C11H17/c1-2-4-6-8-10-11-9-7-5-3-1/h1-3,10-11H,4-9H2/b2-1+,11-10-. The first-order valence-corrected chi connectivity index (χ1v) is 4.63. The van der Waals surface area contributed by atoms with E-state index >= 15 is 0 Å². The lowest BCUT2D eigenvalue weighted by atomic mass is 10.2. The van der Waals surface area contributed by atoms with Gasteiger partial charge in [-0.3, -0.25) is 0 Å². The summed E-state index contributed by atoms with van der Waals surface area (Å²) < 4.78 is 0. The summed E-state index contributed by atoms with van der Waals surface area (Å²) >= 11 is 0. The zero-order valence-corrected chi connectivity index (χ0v) is 7.13. The van der Waals surface area contributed by atoms with Crippen molar-refractivity contribution < 1.29 is 0 Å². The van der Waals surface area contributed by atoms with Gasteiger partial charge in [0, 0.05) is 0 Å². The Hall–Kier alpha value is -0.520. The van der Waals surface area contributed by atoms with E-state index < -0.39 is 0 Å². The summed E-state index contributed by atoms with van der Waals surface area (Å²) in [5.74, 6) is 0. The van der Waals surface area contributed by atoms with E-state index in [-0.39, 0.29) is 0 Å². The number of hydrogen-bond acceptors (Lipinski definition) is 0. The summed E-state index contributed by atoms with van der Waals surface area (Å²) in [6.45, 7) is 0. The van der Waals surface area contributed by atoms with Crippen LogP contribution in [0, 0.1) is 6.42 Å². The zero-order chi connectivity index (χ0) is 7.78. The fourth-order valence-corrected chi connectivity index (χ4v) is 1.23. The Bertz CT molecular complexity index is 115. The van der Waals surface area contributed by atoms with Gasteiger partial charge in [0.1, 0.15) is 0 Å². The summed E-state index contributed by atoms with van der Waals surface area (Å²) in [5.41, 5.74) is 0. The van der Waals surface area contributed by atoms with Crippen LogP contribution in [0.2, 0.25) is 0 Å². The number of allylic oxidation sites excluding steroid dienone is 4. The molecular weight excluding hydrogens is 132 g/mol. The van der Waals surface area contributed by atoms with Crippen LogP contribution >= 0.6 is 0 Å². The molecule has 0 nitrogen and oxygen atoms in total. The van der Waals surface area contributed by atoms with Crippen molar-refractivity contribution in [3.8, 4) is 0 Å². The van der Waals surface area contributed by atoms with E-state index in [1.165, 1.54) is 38.5 Å². The maximum Gasteiger partial charge on any atom is -0.0170 e. The molecule has 0 spiro atoms. The highest BCUT2D eigenvalue weighted by molar-refractivity contribution is 4.96. The van der Waals surface area contributed by atoms with E-state index in [1.54, 1.807) is 0 Å². The summed E-state index contributed by atoms with van der Waals surface area (Å²) in [6.07, 6.45) is 19.0. The molecule has 61 valence electrons. The van der Waals surface area contributed by atoms with Crippen LogP contribution in [0.25, 0.3) is 0 Å². The van der Waals surface area contributed by atoms with Gasteiger partial charge in [-0.25, -0.2) is 0 Å². The van der Waals surface area contributed by atoms with E-state index in [2.05, 4.69) is 30.7 Å². The van der Waals surface area contributed by atoms with Gasteiger partial charge in [-0.15, -0.1) is 0 Å². The van der Waals surface area contributed by atoms with Crippen LogP contribution < -0.4 is 0 Å². The van der Waals surface area contributed by atoms with Crippen LogP contribution in [0.1, 0.15) is 38.5 Å². The second-order valence-electron chi connectivity index (χ2n) is 3.00. The molecule has 0 aromatic rings. The molecule has 0 heterocycles. The summed E-state index contributed by atoms with van der Waals surface area (Å²) in [6, 6.07) is 0. The molecule has 0 heteroatoms. The van der Waals surface area contributed by atoms with E-state index in [4.69, 9.17) is 0 Å². The SMILES string of the molecule is [CH]1/C=C/CCC/C=C\CCC1. The van der Waals surface area contributed by atoms with Crippen molar-refractivity contribution >= 4 is 0 Å². The Kier molecular flexibility index (Phi) is 4.84. The molecule has 1 radical (unpaired) electrons. The largest absolute Gasteiger partial charge is 0.0885 e. The molecule has 0 aliphatic heterocycles. The topological polar surface area (TPSA) is 0 Å². The highest BCUT2D eigenvalue weighted by atomic mass is 13.9. The molecule has 1 aliphatic carbocycles. The summed E-state index contributed by atoms with van der Waals surface area (Å²) in [5, 5.41) is 0. The maximum absolute atomic E-state index is 2.32. The highest BCUT2D eigenvalue weighted by Crippen LogP contribution is 2.06. The van der Waals surface area contributed by atoms with E-state index in [0.29, 0.717) is 0 Å². The van der Waals surface area contributed by atoms with E-state index in [0.717, 1.165) is 0 Å². The quantitative estimate of drug-likeness (QED) is 0.461. The molecule has 0 N–H and O–H groups in total. The van der Waals surface area contributed by atoms with Gasteiger partial charge in [-0.1, -0.05) is 24.3 Å². The highest BCUT2D eigenvalue weighted by Gasteiger charge is 1.87. The number of rotatable bonds is 0. The van der Waals surface area contributed by atoms with Crippen LogP contribution in [0.4, 0.5) is 0 Å². The van der Waals surface area contributed by atoms with Gasteiger partial charge in [0.15, 0.2) is 0 Å². The van der Waals surface area contributed by atoms with E-state index in [1.807, 2.05) is 0 Å². The average Bonchev–Trinajstić information content (AvgIpc) is 2.08. The molecule has 0 bridgehead atoms. The third kappa shape index (κ3) is 4.83. The second-order valence-corrected chi connectivity index (χ2v) is 3.00. The fraction of sp³-hybridized carbons (Fsp3) is 0.545. The van der Waals surface area contributed by atoms with Crippen LogP contribution in [0.3, 0.4) is 0 Å². The van der Waals surface area contributed by atoms with Gasteiger partial charge < -0.3 is 0 Å². The molecule has 0 saturated carbocycles. The average molecular weight is 149 g/mol. The Morgan fingerprint density at radius 3 is 2.09 bits per heavy atom. The van der Waals surface area contributed by atoms with Crippen molar-refractivity contribution in [2.75, 3.05) is 0 Å². The predicted octanol–water partition coefficient (Wildman–Crippen LogP) is 3.66.